The minimum Gasteiger partial charge on any atom is -0.744 e. The third-order valence-electron chi connectivity index (χ3n) is 4.00. The van der Waals surface area contributed by atoms with Gasteiger partial charge in [-0.15, -0.1) is 10.2 Å². The molecule has 13 heteroatoms. The summed E-state index contributed by atoms with van der Waals surface area (Å²) in [6.45, 7) is 1.51. The van der Waals surface area contributed by atoms with Gasteiger partial charge in [-0.25, -0.2) is 16.8 Å². The molecule has 0 aliphatic rings. The molecule has 152 valence electrons. The molecule has 0 saturated heterocycles. The first-order valence-electron chi connectivity index (χ1n) is 7.77. The van der Waals surface area contributed by atoms with Crippen LogP contribution in [0, 0.1) is 6.92 Å². The summed E-state index contributed by atoms with van der Waals surface area (Å²) in [7, 11) is -9.56. The molecular weight excluding hydrogens is 484 g/mol. The number of fused-ring (bicyclic) bond motifs is 1. The number of hydrogen-bond donors (Lipinski definition) is 1. The van der Waals surface area contributed by atoms with Gasteiger partial charge in [-0.05, 0) is 48.2 Å². The summed E-state index contributed by atoms with van der Waals surface area (Å²) >= 11 is 5.97. The molecule has 30 heavy (non-hydrogen) atoms. The van der Waals surface area contributed by atoms with E-state index in [0.717, 1.165) is 24.3 Å². The van der Waals surface area contributed by atoms with Crippen LogP contribution in [-0.2, 0) is 20.2 Å². The molecule has 3 aromatic carbocycles. The van der Waals surface area contributed by atoms with E-state index in [0.29, 0.717) is 5.56 Å². The summed E-state index contributed by atoms with van der Waals surface area (Å²) in [6, 6.07) is 8.18. The number of phenolic OH excluding ortho intramolecular Hbond substituents is 1. The van der Waals surface area contributed by atoms with Crippen LogP contribution in [0.3, 0.4) is 0 Å². The summed E-state index contributed by atoms with van der Waals surface area (Å²) in [5.41, 5.74) is -0.103. The second-order valence-electron chi connectivity index (χ2n) is 5.99. The fourth-order valence-corrected chi connectivity index (χ4v) is 3.91. The number of azo groups is 1. The van der Waals surface area contributed by atoms with Gasteiger partial charge in [0.15, 0.2) is 0 Å². The number of hydrogen-bond acceptors (Lipinski definition) is 9. The Labute approximate surface area is 206 Å². The molecule has 1 N–H and O–H groups in total. The first-order valence-corrected chi connectivity index (χ1v) is 11.0. The molecule has 0 saturated carbocycles. The molecule has 0 amide bonds. The Kier molecular flexibility index (Phi) is 7.53. The topological polar surface area (TPSA) is 159 Å². The van der Waals surface area contributed by atoms with Crippen molar-refractivity contribution in [3.8, 4) is 5.75 Å². The van der Waals surface area contributed by atoms with Crippen LogP contribution >= 0.6 is 11.6 Å². The van der Waals surface area contributed by atoms with Crippen molar-refractivity contribution in [2.75, 3.05) is 0 Å². The average Bonchev–Trinajstić information content (AvgIpc) is 2.61. The van der Waals surface area contributed by atoms with Crippen molar-refractivity contribution in [2.24, 2.45) is 10.2 Å². The number of aryl methyl sites for hydroxylation is 1. The predicted molar refractivity (Wildman–Crippen MR) is 108 cm³/mol. The third kappa shape index (κ3) is 5.29. The molecule has 0 spiro atoms. The second-order valence-corrected chi connectivity index (χ2v) is 9.13. The molecule has 3 aromatic rings. The van der Waals surface area contributed by atoms with Crippen LogP contribution in [0.5, 0.6) is 5.75 Å². The number of nitrogens with zero attached hydrogens (tertiary/aromatic N) is 2. The van der Waals surface area contributed by atoms with Gasteiger partial charge < -0.3 is 14.2 Å². The molecule has 0 radical (unpaired) electrons. The van der Waals surface area contributed by atoms with E-state index in [1.807, 2.05) is 0 Å². The maximum Gasteiger partial charge on any atom is 2.00 e. The molecule has 0 unspecified atom stereocenters. The van der Waals surface area contributed by atoms with Crippen LogP contribution in [0.15, 0.2) is 62.5 Å². The Bertz CT molecular complexity index is 1390. The smallest absolute Gasteiger partial charge is 0.744 e. The van der Waals surface area contributed by atoms with Crippen LogP contribution in [0.1, 0.15) is 5.56 Å². The maximum absolute atomic E-state index is 11.5. The normalized spacial score (nSPS) is 12.3. The van der Waals surface area contributed by atoms with E-state index in [9.17, 15) is 31.0 Å². The van der Waals surface area contributed by atoms with Crippen LogP contribution in [-0.4, -0.2) is 68.8 Å². The van der Waals surface area contributed by atoms with Gasteiger partial charge in [0, 0.05) is 10.4 Å². The van der Waals surface area contributed by atoms with E-state index in [-0.39, 0.29) is 70.7 Å². The monoisotopic (exact) mass is 494 g/mol. The molecule has 9 nitrogen and oxygen atoms in total. The van der Waals surface area contributed by atoms with Gasteiger partial charge in [0.2, 0.25) is 0 Å². The molecule has 0 aliphatic carbocycles. The predicted octanol–water partition coefficient (Wildman–Crippen LogP) is 3.35. The van der Waals surface area contributed by atoms with Crippen molar-refractivity contribution in [3.63, 3.8) is 0 Å². The number of halogens is 1. The number of benzene rings is 3. The van der Waals surface area contributed by atoms with Gasteiger partial charge in [0.1, 0.15) is 37.4 Å². The van der Waals surface area contributed by atoms with Crippen LogP contribution in [0.4, 0.5) is 11.4 Å². The van der Waals surface area contributed by atoms with Gasteiger partial charge in [-0.3, -0.25) is 0 Å². The maximum atomic E-state index is 11.5. The van der Waals surface area contributed by atoms with Crippen LogP contribution < -0.4 is 0 Å². The summed E-state index contributed by atoms with van der Waals surface area (Å²) < 4.78 is 68.1. The minimum absolute atomic E-state index is 0. The quantitative estimate of drug-likeness (QED) is 0.330. The summed E-state index contributed by atoms with van der Waals surface area (Å²) in [6.07, 6.45) is 0. The summed E-state index contributed by atoms with van der Waals surface area (Å²) in [5.74, 6) is -0.344. The first kappa shape index (κ1) is 25.0. The van der Waals surface area contributed by atoms with Gasteiger partial charge in [-0.2, -0.15) is 0 Å². The fraction of sp³-hybridized carbons (Fsp3) is 0.0588. The number of rotatable bonds is 4. The van der Waals surface area contributed by atoms with Gasteiger partial charge in [-0.1, -0.05) is 23.7 Å². The molecule has 3 rings (SSSR count). The zero-order valence-corrected chi connectivity index (χ0v) is 19.8. The zero-order chi connectivity index (χ0) is 21.6. The Morgan fingerprint density at radius 3 is 2.20 bits per heavy atom. The zero-order valence-electron chi connectivity index (χ0n) is 15.2. The van der Waals surface area contributed by atoms with Crippen molar-refractivity contribution < 1.29 is 31.0 Å². The molecule has 0 bridgehead atoms. The van der Waals surface area contributed by atoms with E-state index < -0.39 is 30.0 Å². The van der Waals surface area contributed by atoms with Gasteiger partial charge in [0.05, 0.1) is 9.79 Å². The van der Waals surface area contributed by atoms with E-state index in [1.54, 1.807) is 0 Å². The molecule has 0 aliphatic heterocycles. The van der Waals surface area contributed by atoms with Crippen molar-refractivity contribution in [2.45, 2.75) is 16.7 Å². The summed E-state index contributed by atoms with van der Waals surface area (Å²) in [5, 5.41) is 18.3. The van der Waals surface area contributed by atoms with Gasteiger partial charge >= 0.3 is 37.7 Å². The fourth-order valence-electron chi connectivity index (χ4n) is 2.57. The standard InChI is InChI=1S/C17H13ClN2O7S2.Ca/c1-9-6-16(29(25,26)27)14(8-13(9)18)19-20-17-12-4-3-11(28(22,23)24)7-10(12)2-5-15(17)21;/h2-8,21H,1H3,(H,22,23,24)(H,25,26,27);/q;+2/p-2. The van der Waals surface area contributed by atoms with Gasteiger partial charge in [0.25, 0.3) is 0 Å². The van der Waals surface area contributed by atoms with Crippen molar-refractivity contribution in [3.05, 3.63) is 53.1 Å². The molecular formula is C17H11CaClN2O7S2. The SMILES string of the molecule is Cc1cc(S(=O)(=O)[O-])c(N=Nc2c(O)ccc3cc(S(=O)(=O)[O-])ccc23)cc1Cl.[Ca+2]. The molecule has 0 atom stereocenters. The van der Waals surface area contributed by atoms with Crippen molar-refractivity contribution in [1.82, 2.24) is 0 Å². The Hall–Kier alpha value is -1.31. The molecule has 0 heterocycles. The van der Waals surface area contributed by atoms with E-state index >= 15 is 0 Å². The van der Waals surface area contributed by atoms with E-state index in [1.165, 1.54) is 25.1 Å². The number of aromatic hydroxyl groups is 1. The largest absolute Gasteiger partial charge is 2.00 e. The summed E-state index contributed by atoms with van der Waals surface area (Å²) in [4.78, 5) is -1.11. The minimum atomic E-state index is -4.88. The first-order chi connectivity index (χ1) is 13.4. The van der Waals surface area contributed by atoms with E-state index in [2.05, 4.69) is 10.2 Å². The van der Waals surface area contributed by atoms with Crippen LogP contribution in [0.2, 0.25) is 5.02 Å². The average molecular weight is 495 g/mol. The van der Waals surface area contributed by atoms with Crippen molar-refractivity contribution in [1.29, 1.82) is 0 Å². The van der Waals surface area contributed by atoms with E-state index in [4.69, 9.17) is 11.6 Å². The number of phenols is 1. The second kappa shape index (κ2) is 9.05. The Morgan fingerprint density at radius 2 is 1.60 bits per heavy atom. The third-order valence-corrected chi connectivity index (χ3v) is 6.10. The Morgan fingerprint density at radius 1 is 0.933 bits per heavy atom. The molecule has 0 fully saturated rings. The Balaban J connectivity index is 0.00000320. The van der Waals surface area contributed by atoms with Crippen molar-refractivity contribution >= 4 is 91.7 Å². The molecule has 0 aromatic heterocycles. The van der Waals surface area contributed by atoms with Crippen LogP contribution in [0.25, 0.3) is 10.8 Å².